The highest BCUT2D eigenvalue weighted by Gasteiger charge is 2.29. The molecule has 0 saturated carbocycles. The number of H-pyrrole nitrogens is 1. The van der Waals surface area contributed by atoms with E-state index in [2.05, 4.69) is 15.5 Å². The van der Waals surface area contributed by atoms with E-state index in [1.807, 2.05) is 26.0 Å². The highest BCUT2D eigenvalue weighted by molar-refractivity contribution is 6.30. The van der Waals surface area contributed by atoms with Crippen LogP contribution in [0, 0.1) is 0 Å². The molecule has 0 unspecified atom stereocenters. The summed E-state index contributed by atoms with van der Waals surface area (Å²) < 4.78 is 0. The molecule has 94 valence electrons. The minimum absolute atomic E-state index is 0.103. The van der Waals surface area contributed by atoms with Gasteiger partial charge < -0.3 is 5.32 Å². The molecule has 4 nitrogen and oxygen atoms in total. The van der Waals surface area contributed by atoms with Gasteiger partial charge in [-0.3, -0.25) is 9.89 Å². The van der Waals surface area contributed by atoms with E-state index in [1.54, 1.807) is 24.4 Å². The van der Waals surface area contributed by atoms with Gasteiger partial charge in [-0.05, 0) is 31.5 Å². The van der Waals surface area contributed by atoms with Crippen LogP contribution in [0.15, 0.2) is 36.5 Å². The van der Waals surface area contributed by atoms with E-state index in [-0.39, 0.29) is 5.91 Å². The summed E-state index contributed by atoms with van der Waals surface area (Å²) in [6.07, 6.45) is 1.59. The second kappa shape index (κ2) is 4.82. The van der Waals surface area contributed by atoms with E-state index < -0.39 is 5.41 Å². The van der Waals surface area contributed by atoms with Crippen LogP contribution in [0.25, 0.3) is 0 Å². The molecule has 0 bridgehead atoms. The molecule has 0 saturated heterocycles. The fourth-order valence-corrected chi connectivity index (χ4v) is 1.73. The van der Waals surface area contributed by atoms with Crippen molar-refractivity contribution in [3.63, 3.8) is 0 Å². The second-order valence-electron chi connectivity index (χ2n) is 4.56. The lowest BCUT2D eigenvalue weighted by Gasteiger charge is -2.23. The Bertz CT molecular complexity index is 532. The van der Waals surface area contributed by atoms with Crippen molar-refractivity contribution in [2.45, 2.75) is 19.3 Å². The number of carbonyl (C=O) groups is 1. The minimum Gasteiger partial charge on any atom is -0.310 e. The van der Waals surface area contributed by atoms with Crippen LogP contribution in [-0.4, -0.2) is 16.1 Å². The number of halogens is 1. The minimum atomic E-state index is -0.643. The summed E-state index contributed by atoms with van der Waals surface area (Å²) in [5.74, 6) is 0.483. The van der Waals surface area contributed by atoms with Gasteiger partial charge >= 0.3 is 0 Å². The molecule has 0 aliphatic heterocycles. The number of nitrogens with one attached hydrogen (secondary N) is 2. The Morgan fingerprint density at radius 1 is 1.28 bits per heavy atom. The first-order chi connectivity index (χ1) is 8.50. The van der Waals surface area contributed by atoms with E-state index >= 15 is 0 Å². The first kappa shape index (κ1) is 12.6. The fourth-order valence-electron chi connectivity index (χ4n) is 1.60. The normalized spacial score (nSPS) is 11.3. The Labute approximate surface area is 110 Å². The van der Waals surface area contributed by atoms with Crippen LogP contribution < -0.4 is 5.32 Å². The average Bonchev–Trinajstić information content (AvgIpc) is 2.82. The standard InChI is InChI=1S/C13H14ClN3O/c1-13(2,9-3-5-10(14)6-4-9)12(18)16-11-7-8-15-17-11/h3-8H,1-2H3,(H2,15,16,17,18). The van der Waals surface area contributed by atoms with E-state index in [0.29, 0.717) is 10.8 Å². The number of carbonyl (C=O) groups excluding carboxylic acids is 1. The average molecular weight is 264 g/mol. The van der Waals surface area contributed by atoms with Gasteiger partial charge in [-0.2, -0.15) is 5.10 Å². The largest absolute Gasteiger partial charge is 0.310 e. The third kappa shape index (κ3) is 2.54. The molecule has 2 N–H and O–H groups in total. The Morgan fingerprint density at radius 2 is 1.94 bits per heavy atom. The Kier molecular flexibility index (Phi) is 3.39. The lowest BCUT2D eigenvalue weighted by molar-refractivity contribution is -0.120. The Balaban J connectivity index is 2.19. The van der Waals surface area contributed by atoms with E-state index in [1.165, 1.54) is 0 Å². The van der Waals surface area contributed by atoms with Crippen molar-refractivity contribution in [2.75, 3.05) is 5.32 Å². The first-order valence-corrected chi connectivity index (χ1v) is 5.95. The predicted molar refractivity (Wildman–Crippen MR) is 71.7 cm³/mol. The van der Waals surface area contributed by atoms with E-state index in [4.69, 9.17) is 11.6 Å². The number of aromatic amines is 1. The maximum Gasteiger partial charge on any atom is 0.235 e. The third-order valence-corrected chi connectivity index (χ3v) is 3.13. The molecule has 5 heteroatoms. The van der Waals surface area contributed by atoms with Crippen molar-refractivity contribution < 1.29 is 4.79 Å². The molecule has 0 aliphatic rings. The highest BCUT2D eigenvalue weighted by atomic mass is 35.5. The van der Waals surface area contributed by atoms with Gasteiger partial charge in [-0.15, -0.1) is 0 Å². The molecule has 0 radical (unpaired) electrons. The molecule has 1 aromatic carbocycles. The maximum atomic E-state index is 12.2. The van der Waals surface area contributed by atoms with Gasteiger partial charge in [-0.25, -0.2) is 0 Å². The molecular weight excluding hydrogens is 250 g/mol. The number of nitrogens with zero attached hydrogens (tertiary/aromatic N) is 1. The van der Waals surface area contributed by atoms with Gasteiger partial charge in [0.25, 0.3) is 0 Å². The van der Waals surface area contributed by atoms with Crippen LogP contribution in [0.5, 0.6) is 0 Å². The van der Waals surface area contributed by atoms with Crippen molar-refractivity contribution >= 4 is 23.3 Å². The Morgan fingerprint density at radius 3 is 2.50 bits per heavy atom. The third-order valence-electron chi connectivity index (χ3n) is 2.88. The van der Waals surface area contributed by atoms with E-state index in [0.717, 1.165) is 5.56 Å². The van der Waals surface area contributed by atoms with Crippen LogP contribution in [0.2, 0.25) is 5.02 Å². The number of benzene rings is 1. The Hall–Kier alpha value is -1.81. The molecule has 1 aromatic heterocycles. The van der Waals surface area contributed by atoms with Gasteiger partial charge in [-0.1, -0.05) is 23.7 Å². The number of anilines is 1. The summed E-state index contributed by atoms with van der Waals surface area (Å²) in [5.41, 5.74) is 0.263. The molecule has 18 heavy (non-hydrogen) atoms. The molecule has 1 amide bonds. The number of hydrogen-bond acceptors (Lipinski definition) is 2. The summed E-state index contributed by atoms with van der Waals surface area (Å²) in [7, 11) is 0. The molecule has 0 fully saturated rings. The molecule has 0 aliphatic carbocycles. The number of rotatable bonds is 3. The van der Waals surface area contributed by atoms with Crippen molar-refractivity contribution in [1.29, 1.82) is 0 Å². The zero-order valence-corrected chi connectivity index (χ0v) is 11.0. The van der Waals surface area contributed by atoms with E-state index in [9.17, 15) is 4.79 Å². The first-order valence-electron chi connectivity index (χ1n) is 5.57. The van der Waals surface area contributed by atoms with Crippen LogP contribution in [0.3, 0.4) is 0 Å². The van der Waals surface area contributed by atoms with Crippen molar-refractivity contribution in [2.24, 2.45) is 0 Å². The van der Waals surface area contributed by atoms with Gasteiger partial charge in [0.05, 0.1) is 11.6 Å². The smallest absolute Gasteiger partial charge is 0.235 e. The summed E-state index contributed by atoms with van der Waals surface area (Å²) in [6, 6.07) is 8.98. The highest BCUT2D eigenvalue weighted by Crippen LogP contribution is 2.26. The predicted octanol–water partition coefficient (Wildman–Crippen LogP) is 2.98. The van der Waals surface area contributed by atoms with Crippen LogP contribution >= 0.6 is 11.6 Å². The molecule has 2 rings (SSSR count). The fraction of sp³-hybridized carbons (Fsp3) is 0.231. The van der Waals surface area contributed by atoms with Crippen LogP contribution in [0.4, 0.5) is 5.82 Å². The lowest BCUT2D eigenvalue weighted by Crippen LogP contribution is -2.34. The van der Waals surface area contributed by atoms with Gasteiger partial charge in [0.1, 0.15) is 5.82 Å². The zero-order valence-electron chi connectivity index (χ0n) is 10.2. The molecular formula is C13H14ClN3O. The number of hydrogen-bond donors (Lipinski definition) is 2. The number of aromatic nitrogens is 2. The topological polar surface area (TPSA) is 57.8 Å². The quantitative estimate of drug-likeness (QED) is 0.894. The second-order valence-corrected chi connectivity index (χ2v) is 4.99. The molecule has 2 aromatic rings. The van der Waals surface area contributed by atoms with Crippen molar-refractivity contribution in [3.05, 3.63) is 47.1 Å². The van der Waals surface area contributed by atoms with Gasteiger partial charge in [0.15, 0.2) is 0 Å². The maximum absolute atomic E-state index is 12.2. The number of amides is 1. The lowest BCUT2D eigenvalue weighted by atomic mass is 9.84. The summed E-state index contributed by atoms with van der Waals surface area (Å²) in [4.78, 5) is 12.2. The van der Waals surface area contributed by atoms with Crippen LogP contribution in [-0.2, 0) is 10.2 Å². The summed E-state index contributed by atoms with van der Waals surface area (Å²) in [5, 5.41) is 9.92. The monoisotopic (exact) mass is 263 g/mol. The van der Waals surface area contributed by atoms with Crippen molar-refractivity contribution in [3.8, 4) is 0 Å². The van der Waals surface area contributed by atoms with Gasteiger partial charge in [0.2, 0.25) is 5.91 Å². The van der Waals surface area contributed by atoms with Gasteiger partial charge in [0, 0.05) is 11.1 Å². The molecule has 0 spiro atoms. The molecule has 0 atom stereocenters. The van der Waals surface area contributed by atoms with Crippen molar-refractivity contribution in [1.82, 2.24) is 10.2 Å². The summed E-state index contributed by atoms with van der Waals surface area (Å²) >= 11 is 5.84. The molecule has 1 heterocycles. The SMILES string of the molecule is CC(C)(C(=O)Nc1ccn[nH]1)c1ccc(Cl)cc1. The zero-order chi connectivity index (χ0) is 13.2. The van der Waals surface area contributed by atoms with Crippen LogP contribution in [0.1, 0.15) is 19.4 Å². The summed E-state index contributed by atoms with van der Waals surface area (Å²) in [6.45, 7) is 3.73.